The van der Waals surface area contributed by atoms with Crippen molar-refractivity contribution in [3.05, 3.63) is 59.2 Å². The van der Waals surface area contributed by atoms with Gasteiger partial charge in [0.25, 0.3) is 5.91 Å². The smallest absolute Gasteiger partial charge is 0.262 e. The molecule has 28 heavy (non-hydrogen) atoms. The molecule has 0 aliphatic carbocycles. The number of methoxy groups -OCH3 is 2. The van der Waals surface area contributed by atoms with Gasteiger partial charge in [0.15, 0.2) is 11.5 Å². The molecule has 0 aromatic heterocycles. The summed E-state index contributed by atoms with van der Waals surface area (Å²) >= 11 is 0. The molecule has 146 valence electrons. The molecule has 6 heteroatoms. The first-order valence-corrected chi connectivity index (χ1v) is 8.90. The number of carbonyl (C=O) groups is 1. The first-order chi connectivity index (χ1) is 13.5. The molecule has 0 saturated heterocycles. The number of nitriles is 1. The molecule has 2 rings (SSSR count). The minimum Gasteiger partial charge on any atom is -0.493 e. The Labute approximate surface area is 165 Å². The number of benzene rings is 2. The maximum Gasteiger partial charge on any atom is 0.262 e. The SMILES string of the molecule is CCOc1c(OC)cc(/C=C(/C#N)C(=O)NC(C)c2ccccc2)cc1OC. The predicted molar refractivity (Wildman–Crippen MR) is 107 cm³/mol. The Morgan fingerprint density at radius 1 is 1.18 bits per heavy atom. The van der Waals surface area contributed by atoms with Gasteiger partial charge in [-0.25, -0.2) is 0 Å². The second kappa shape index (κ2) is 10.0. The summed E-state index contributed by atoms with van der Waals surface area (Å²) in [6.07, 6.45) is 1.49. The fourth-order valence-electron chi connectivity index (χ4n) is 2.68. The largest absolute Gasteiger partial charge is 0.493 e. The number of nitrogens with one attached hydrogen (secondary N) is 1. The molecule has 0 aliphatic rings. The fourth-order valence-corrected chi connectivity index (χ4v) is 2.68. The van der Waals surface area contributed by atoms with Gasteiger partial charge < -0.3 is 19.5 Å². The normalized spacial score (nSPS) is 11.9. The van der Waals surface area contributed by atoms with Gasteiger partial charge >= 0.3 is 0 Å². The quantitative estimate of drug-likeness (QED) is 0.555. The average molecular weight is 380 g/mol. The molecule has 2 aromatic carbocycles. The van der Waals surface area contributed by atoms with Gasteiger partial charge in [0.2, 0.25) is 5.75 Å². The van der Waals surface area contributed by atoms with Crippen molar-refractivity contribution in [1.29, 1.82) is 5.26 Å². The van der Waals surface area contributed by atoms with Gasteiger partial charge in [0, 0.05) is 0 Å². The standard InChI is InChI=1S/C22H24N2O4/c1-5-28-21-19(26-3)12-16(13-20(21)27-4)11-18(14-23)22(25)24-15(2)17-9-7-6-8-10-17/h6-13,15H,5H2,1-4H3,(H,24,25)/b18-11-. The van der Waals surface area contributed by atoms with Gasteiger partial charge in [-0.1, -0.05) is 30.3 Å². The summed E-state index contributed by atoms with van der Waals surface area (Å²) in [7, 11) is 3.04. The van der Waals surface area contributed by atoms with E-state index in [0.717, 1.165) is 5.56 Å². The highest BCUT2D eigenvalue weighted by molar-refractivity contribution is 6.02. The summed E-state index contributed by atoms with van der Waals surface area (Å²) in [6, 6.07) is 14.7. The zero-order valence-corrected chi connectivity index (χ0v) is 16.5. The van der Waals surface area contributed by atoms with Crippen molar-refractivity contribution in [2.45, 2.75) is 19.9 Å². The van der Waals surface area contributed by atoms with Crippen LogP contribution in [0.5, 0.6) is 17.2 Å². The lowest BCUT2D eigenvalue weighted by Crippen LogP contribution is -2.27. The second-order valence-electron chi connectivity index (χ2n) is 5.96. The molecule has 0 saturated carbocycles. The summed E-state index contributed by atoms with van der Waals surface area (Å²) in [6.45, 7) is 4.18. The van der Waals surface area contributed by atoms with Crippen molar-refractivity contribution in [2.75, 3.05) is 20.8 Å². The third-order valence-electron chi connectivity index (χ3n) is 4.09. The van der Waals surface area contributed by atoms with Crippen LogP contribution in [0, 0.1) is 11.3 Å². The molecule has 0 heterocycles. The minimum atomic E-state index is -0.453. The Hall–Kier alpha value is -3.46. The van der Waals surface area contributed by atoms with Gasteiger partial charge in [-0.3, -0.25) is 4.79 Å². The van der Waals surface area contributed by atoms with Crippen molar-refractivity contribution in [3.8, 4) is 23.3 Å². The Kier molecular flexibility index (Phi) is 7.46. The number of amides is 1. The number of carbonyl (C=O) groups excluding carboxylic acids is 1. The van der Waals surface area contributed by atoms with E-state index < -0.39 is 5.91 Å². The van der Waals surface area contributed by atoms with Gasteiger partial charge in [-0.2, -0.15) is 5.26 Å². The van der Waals surface area contributed by atoms with E-state index >= 15 is 0 Å². The van der Waals surface area contributed by atoms with E-state index in [0.29, 0.717) is 29.4 Å². The van der Waals surface area contributed by atoms with Crippen LogP contribution < -0.4 is 19.5 Å². The first-order valence-electron chi connectivity index (χ1n) is 8.90. The molecular formula is C22H24N2O4. The lowest BCUT2D eigenvalue weighted by Gasteiger charge is -2.15. The topological polar surface area (TPSA) is 80.6 Å². The average Bonchev–Trinajstić information content (AvgIpc) is 2.73. The minimum absolute atomic E-state index is 0.0175. The lowest BCUT2D eigenvalue weighted by molar-refractivity contribution is -0.117. The van der Waals surface area contributed by atoms with Crippen LogP contribution >= 0.6 is 0 Å². The number of nitrogens with zero attached hydrogens (tertiary/aromatic N) is 1. The number of rotatable bonds is 8. The molecule has 2 aromatic rings. The van der Waals surface area contributed by atoms with Crippen LogP contribution in [-0.4, -0.2) is 26.7 Å². The monoisotopic (exact) mass is 380 g/mol. The van der Waals surface area contributed by atoms with Crippen LogP contribution in [0.25, 0.3) is 6.08 Å². The molecule has 0 aliphatic heterocycles. The molecule has 1 atom stereocenters. The van der Waals surface area contributed by atoms with Crippen LogP contribution in [-0.2, 0) is 4.79 Å². The zero-order valence-electron chi connectivity index (χ0n) is 16.5. The van der Waals surface area contributed by atoms with Crippen molar-refractivity contribution in [1.82, 2.24) is 5.32 Å². The van der Waals surface area contributed by atoms with Gasteiger partial charge in [0.1, 0.15) is 11.6 Å². The molecule has 0 bridgehead atoms. The van der Waals surface area contributed by atoms with Crippen molar-refractivity contribution < 1.29 is 19.0 Å². The van der Waals surface area contributed by atoms with E-state index in [4.69, 9.17) is 14.2 Å². The molecule has 1 N–H and O–H groups in total. The summed E-state index contributed by atoms with van der Waals surface area (Å²) < 4.78 is 16.3. The molecule has 1 unspecified atom stereocenters. The van der Waals surface area contributed by atoms with E-state index in [1.165, 1.54) is 20.3 Å². The van der Waals surface area contributed by atoms with Crippen molar-refractivity contribution in [3.63, 3.8) is 0 Å². The summed E-state index contributed by atoms with van der Waals surface area (Å²) in [5.74, 6) is 0.946. The Balaban J connectivity index is 2.30. The maximum atomic E-state index is 12.6. The highest BCUT2D eigenvalue weighted by atomic mass is 16.5. The lowest BCUT2D eigenvalue weighted by atomic mass is 10.1. The highest BCUT2D eigenvalue weighted by Gasteiger charge is 2.16. The van der Waals surface area contributed by atoms with Crippen LogP contribution in [0.2, 0.25) is 0 Å². The zero-order chi connectivity index (χ0) is 20.5. The molecule has 1 amide bonds. The third-order valence-corrected chi connectivity index (χ3v) is 4.09. The fraction of sp³-hybridized carbons (Fsp3) is 0.273. The predicted octanol–water partition coefficient (Wildman–Crippen LogP) is 3.89. The Morgan fingerprint density at radius 3 is 2.29 bits per heavy atom. The molecule has 0 fully saturated rings. The highest BCUT2D eigenvalue weighted by Crippen LogP contribution is 2.39. The van der Waals surface area contributed by atoms with Crippen LogP contribution in [0.3, 0.4) is 0 Å². The van der Waals surface area contributed by atoms with Gasteiger partial charge in [-0.15, -0.1) is 0 Å². The molecular weight excluding hydrogens is 356 g/mol. The van der Waals surface area contributed by atoms with E-state index in [1.807, 2.05) is 50.2 Å². The number of hydrogen-bond donors (Lipinski definition) is 1. The Bertz CT molecular complexity index is 860. The van der Waals surface area contributed by atoms with E-state index in [9.17, 15) is 10.1 Å². The number of ether oxygens (including phenoxy) is 3. The van der Waals surface area contributed by atoms with E-state index in [-0.39, 0.29) is 11.6 Å². The summed E-state index contributed by atoms with van der Waals surface area (Å²) in [5.41, 5.74) is 1.53. The van der Waals surface area contributed by atoms with E-state index in [1.54, 1.807) is 12.1 Å². The summed E-state index contributed by atoms with van der Waals surface area (Å²) in [5, 5.41) is 12.3. The van der Waals surface area contributed by atoms with E-state index in [2.05, 4.69) is 5.32 Å². The Morgan fingerprint density at radius 2 is 1.79 bits per heavy atom. The van der Waals surface area contributed by atoms with Crippen LogP contribution in [0.4, 0.5) is 0 Å². The summed E-state index contributed by atoms with van der Waals surface area (Å²) in [4.78, 5) is 12.6. The molecule has 0 radical (unpaired) electrons. The van der Waals surface area contributed by atoms with Crippen molar-refractivity contribution in [2.24, 2.45) is 0 Å². The maximum absolute atomic E-state index is 12.6. The molecule has 6 nitrogen and oxygen atoms in total. The van der Waals surface area contributed by atoms with Gasteiger partial charge in [-0.05, 0) is 43.2 Å². The van der Waals surface area contributed by atoms with Crippen LogP contribution in [0.1, 0.15) is 31.0 Å². The van der Waals surface area contributed by atoms with Crippen molar-refractivity contribution >= 4 is 12.0 Å². The molecule has 0 spiro atoms. The second-order valence-corrected chi connectivity index (χ2v) is 5.96. The van der Waals surface area contributed by atoms with Gasteiger partial charge in [0.05, 0.1) is 26.9 Å². The third kappa shape index (κ3) is 5.04. The number of hydrogen-bond acceptors (Lipinski definition) is 5. The first kappa shape index (κ1) is 20.8. The van der Waals surface area contributed by atoms with Crippen LogP contribution in [0.15, 0.2) is 48.0 Å².